The lowest BCUT2D eigenvalue weighted by atomic mass is 10.2. The van der Waals surface area contributed by atoms with Crippen molar-refractivity contribution in [2.45, 2.75) is 104 Å². The second-order valence-electron chi connectivity index (χ2n) is 8.94. The fraction of sp³-hybridized carbons (Fsp3) is 0.786. The molecular formula is C28H48N2O12. The van der Waals surface area contributed by atoms with Crippen LogP contribution in [0.25, 0.3) is 0 Å². The van der Waals surface area contributed by atoms with Crippen molar-refractivity contribution >= 4 is 35.8 Å². The Bertz CT molecular complexity index is 774. The summed E-state index contributed by atoms with van der Waals surface area (Å²) in [7, 11) is 0. The Balaban J connectivity index is 4.96. The SMILES string of the molecule is CCCCCC(OC(=O)CCNC(CC(=O)OCC)C(=O)OCC)OC(=O)CCNC(CC(=O)OCC)C(=O)OCC. The number of hydrogen-bond acceptors (Lipinski definition) is 14. The van der Waals surface area contributed by atoms with Crippen LogP contribution in [0.2, 0.25) is 0 Å². The van der Waals surface area contributed by atoms with Gasteiger partial charge in [-0.1, -0.05) is 19.8 Å². The van der Waals surface area contributed by atoms with Crippen LogP contribution in [-0.4, -0.2) is 93.7 Å². The first kappa shape index (κ1) is 38.7. The van der Waals surface area contributed by atoms with E-state index in [0.717, 1.165) is 12.8 Å². The molecule has 0 spiro atoms. The normalized spacial score (nSPS) is 12.8. The molecule has 0 aliphatic heterocycles. The standard InChI is InChI=1S/C28H48N2O12/c1-6-11-12-13-26(41-22(31)14-16-29-20(27(35)39-9-4)18-24(33)37-7-2)42-23(32)15-17-30-21(28(36)40-10-5)19-25(34)38-8-3/h20-21,26,29-30H,6-19H2,1-5H3. The van der Waals surface area contributed by atoms with Crippen LogP contribution in [0.1, 0.15) is 86.0 Å². The van der Waals surface area contributed by atoms with Gasteiger partial charge in [0.05, 0.1) is 52.1 Å². The third kappa shape index (κ3) is 19.0. The van der Waals surface area contributed by atoms with Gasteiger partial charge in [0.25, 0.3) is 0 Å². The van der Waals surface area contributed by atoms with Crippen molar-refractivity contribution in [2.24, 2.45) is 0 Å². The summed E-state index contributed by atoms with van der Waals surface area (Å²) in [5.74, 6) is -3.82. The Hall–Kier alpha value is -3.26. The number of carbonyl (C=O) groups is 6. The molecule has 0 fully saturated rings. The highest BCUT2D eigenvalue weighted by Crippen LogP contribution is 2.11. The van der Waals surface area contributed by atoms with E-state index in [2.05, 4.69) is 10.6 Å². The van der Waals surface area contributed by atoms with Crippen molar-refractivity contribution in [1.29, 1.82) is 0 Å². The minimum absolute atomic E-state index is 0.00300. The van der Waals surface area contributed by atoms with Gasteiger partial charge in [-0.2, -0.15) is 0 Å². The van der Waals surface area contributed by atoms with Crippen molar-refractivity contribution < 1.29 is 57.2 Å². The van der Waals surface area contributed by atoms with E-state index in [4.69, 9.17) is 28.4 Å². The molecule has 42 heavy (non-hydrogen) atoms. The number of ether oxygens (including phenoxy) is 6. The van der Waals surface area contributed by atoms with E-state index in [9.17, 15) is 28.8 Å². The van der Waals surface area contributed by atoms with Crippen LogP contribution in [-0.2, 0) is 57.2 Å². The zero-order valence-electron chi connectivity index (χ0n) is 25.5. The van der Waals surface area contributed by atoms with Gasteiger partial charge in [0.1, 0.15) is 12.1 Å². The van der Waals surface area contributed by atoms with Crippen molar-refractivity contribution in [3.8, 4) is 0 Å². The van der Waals surface area contributed by atoms with E-state index in [1.807, 2.05) is 6.92 Å². The van der Waals surface area contributed by atoms with Gasteiger partial charge in [0.2, 0.25) is 6.29 Å². The molecule has 0 aromatic carbocycles. The average Bonchev–Trinajstić information content (AvgIpc) is 2.92. The van der Waals surface area contributed by atoms with Gasteiger partial charge in [-0.15, -0.1) is 0 Å². The van der Waals surface area contributed by atoms with Gasteiger partial charge < -0.3 is 39.1 Å². The van der Waals surface area contributed by atoms with Crippen LogP contribution in [0.4, 0.5) is 0 Å². The summed E-state index contributed by atoms with van der Waals surface area (Å²) < 4.78 is 30.4. The van der Waals surface area contributed by atoms with Crippen LogP contribution in [0.3, 0.4) is 0 Å². The molecular weight excluding hydrogens is 556 g/mol. The third-order valence-corrected chi connectivity index (χ3v) is 5.50. The summed E-state index contributed by atoms with van der Waals surface area (Å²) in [4.78, 5) is 73.0. The molecule has 2 N–H and O–H groups in total. The number of unbranched alkanes of at least 4 members (excludes halogenated alkanes) is 2. The number of nitrogens with one attached hydrogen (secondary N) is 2. The van der Waals surface area contributed by atoms with Crippen LogP contribution < -0.4 is 10.6 Å². The molecule has 0 saturated carbocycles. The van der Waals surface area contributed by atoms with Crippen molar-refractivity contribution in [3.63, 3.8) is 0 Å². The van der Waals surface area contributed by atoms with E-state index >= 15 is 0 Å². The van der Waals surface area contributed by atoms with Crippen molar-refractivity contribution in [1.82, 2.24) is 10.6 Å². The maximum Gasteiger partial charge on any atom is 0.323 e. The van der Waals surface area contributed by atoms with Gasteiger partial charge in [0.15, 0.2) is 0 Å². The average molecular weight is 605 g/mol. The van der Waals surface area contributed by atoms with E-state index in [1.165, 1.54) is 0 Å². The largest absolute Gasteiger partial charge is 0.466 e. The predicted molar refractivity (Wildman–Crippen MR) is 149 cm³/mol. The molecule has 0 aromatic heterocycles. The molecule has 242 valence electrons. The Labute approximate surface area is 247 Å². The molecule has 0 aliphatic carbocycles. The molecule has 0 aromatic rings. The molecule has 0 bridgehead atoms. The van der Waals surface area contributed by atoms with Crippen LogP contribution in [0, 0.1) is 0 Å². The molecule has 0 amide bonds. The van der Waals surface area contributed by atoms with E-state index < -0.39 is 54.2 Å². The van der Waals surface area contributed by atoms with E-state index in [1.54, 1.807) is 27.7 Å². The lowest BCUT2D eigenvalue weighted by molar-refractivity contribution is -0.189. The number of esters is 6. The Morgan fingerprint density at radius 2 is 0.952 bits per heavy atom. The zero-order valence-corrected chi connectivity index (χ0v) is 25.5. The van der Waals surface area contributed by atoms with Crippen molar-refractivity contribution in [3.05, 3.63) is 0 Å². The summed E-state index contributed by atoms with van der Waals surface area (Å²) in [5.41, 5.74) is 0. The zero-order chi connectivity index (χ0) is 31.8. The first-order valence-corrected chi connectivity index (χ1v) is 14.6. The Morgan fingerprint density at radius 1 is 0.548 bits per heavy atom. The highest BCUT2D eigenvalue weighted by Gasteiger charge is 2.26. The summed E-state index contributed by atoms with van der Waals surface area (Å²) in [6, 6.07) is -1.99. The summed E-state index contributed by atoms with van der Waals surface area (Å²) >= 11 is 0. The minimum atomic E-state index is -1.13. The maximum absolute atomic E-state index is 12.5. The highest BCUT2D eigenvalue weighted by atomic mass is 16.7. The van der Waals surface area contributed by atoms with Crippen LogP contribution in [0.15, 0.2) is 0 Å². The number of rotatable bonds is 24. The lowest BCUT2D eigenvalue weighted by Gasteiger charge is -2.20. The van der Waals surface area contributed by atoms with Crippen LogP contribution >= 0.6 is 0 Å². The fourth-order valence-electron chi connectivity index (χ4n) is 3.55. The first-order chi connectivity index (χ1) is 20.1. The van der Waals surface area contributed by atoms with Gasteiger partial charge in [-0.05, 0) is 34.1 Å². The van der Waals surface area contributed by atoms with E-state index in [-0.39, 0.29) is 71.6 Å². The lowest BCUT2D eigenvalue weighted by Crippen LogP contribution is -2.41. The smallest absolute Gasteiger partial charge is 0.323 e. The summed E-state index contributed by atoms with van der Waals surface area (Å²) in [5, 5.41) is 5.61. The second kappa shape index (κ2) is 24.3. The topological polar surface area (TPSA) is 182 Å². The Morgan fingerprint density at radius 3 is 1.31 bits per heavy atom. The fourth-order valence-corrected chi connectivity index (χ4v) is 3.55. The number of hydrogen-bond donors (Lipinski definition) is 2. The summed E-state index contributed by atoms with van der Waals surface area (Å²) in [6.07, 6.45) is 0.675. The number of carbonyl (C=O) groups excluding carboxylic acids is 6. The molecule has 2 atom stereocenters. The summed E-state index contributed by atoms with van der Waals surface area (Å²) in [6.45, 7) is 9.12. The molecule has 0 radical (unpaired) electrons. The van der Waals surface area contributed by atoms with Gasteiger partial charge in [-0.25, -0.2) is 0 Å². The minimum Gasteiger partial charge on any atom is -0.466 e. The monoisotopic (exact) mass is 604 g/mol. The van der Waals surface area contributed by atoms with Gasteiger partial charge in [0, 0.05) is 19.5 Å². The molecule has 0 heterocycles. The third-order valence-electron chi connectivity index (χ3n) is 5.50. The van der Waals surface area contributed by atoms with Gasteiger partial charge in [-0.3, -0.25) is 28.8 Å². The van der Waals surface area contributed by atoms with E-state index in [0.29, 0.717) is 6.42 Å². The molecule has 2 unspecified atom stereocenters. The molecule has 14 heteroatoms. The highest BCUT2D eigenvalue weighted by molar-refractivity contribution is 5.83. The van der Waals surface area contributed by atoms with Crippen molar-refractivity contribution in [2.75, 3.05) is 39.5 Å². The second-order valence-corrected chi connectivity index (χ2v) is 8.94. The van der Waals surface area contributed by atoms with Crippen LogP contribution in [0.5, 0.6) is 0 Å². The quantitative estimate of drug-likeness (QED) is 0.0703. The molecule has 0 saturated heterocycles. The molecule has 0 rings (SSSR count). The molecule has 0 aliphatic rings. The Kier molecular flexibility index (Phi) is 22.5. The van der Waals surface area contributed by atoms with Gasteiger partial charge >= 0.3 is 35.8 Å². The first-order valence-electron chi connectivity index (χ1n) is 14.6. The molecule has 14 nitrogen and oxygen atoms in total. The maximum atomic E-state index is 12.5. The predicted octanol–water partition coefficient (Wildman–Crippen LogP) is 1.71.